The fourth-order valence-corrected chi connectivity index (χ4v) is 3.94. The smallest absolute Gasteiger partial charge is 0.0619 e. The van der Waals surface area contributed by atoms with Crippen LogP contribution in [0, 0.1) is 0 Å². The first-order valence-corrected chi connectivity index (χ1v) is 7.84. The van der Waals surface area contributed by atoms with E-state index < -0.39 is 0 Å². The minimum atomic E-state index is 0.174. The molecular formula is C19H22N2. The van der Waals surface area contributed by atoms with Crippen molar-refractivity contribution in [1.82, 2.24) is 10.2 Å². The third-order valence-electron chi connectivity index (χ3n) is 4.98. The van der Waals surface area contributed by atoms with Gasteiger partial charge in [-0.05, 0) is 36.1 Å². The van der Waals surface area contributed by atoms with Gasteiger partial charge in [-0.15, -0.1) is 0 Å². The van der Waals surface area contributed by atoms with Crippen LogP contribution in [0.4, 0.5) is 0 Å². The van der Waals surface area contributed by atoms with Gasteiger partial charge >= 0.3 is 0 Å². The molecule has 1 fully saturated rings. The standard InChI is InChI=1S/C19H22N2/c1-19(2)13-20-11-12-21(19)18-16-9-5-3-7-14(16)15-8-4-6-10-17(15)18/h3-10,18,20H,11-13H2,1-2H3. The number of piperazine rings is 1. The number of rotatable bonds is 1. The highest BCUT2D eigenvalue weighted by molar-refractivity contribution is 5.78. The Hall–Kier alpha value is -1.64. The van der Waals surface area contributed by atoms with E-state index >= 15 is 0 Å². The summed E-state index contributed by atoms with van der Waals surface area (Å²) in [6.07, 6.45) is 0. The lowest BCUT2D eigenvalue weighted by Gasteiger charge is -2.46. The van der Waals surface area contributed by atoms with Crippen molar-refractivity contribution < 1.29 is 0 Å². The number of nitrogens with zero attached hydrogens (tertiary/aromatic N) is 1. The molecule has 1 saturated heterocycles. The van der Waals surface area contributed by atoms with Gasteiger partial charge in [0.2, 0.25) is 0 Å². The second-order valence-corrected chi connectivity index (χ2v) is 6.76. The first-order chi connectivity index (χ1) is 10.2. The molecule has 2 aromatic rings. The van der Waals surface area contributed by atoms with Crippen LogP contribution in [0.25, 0.3) is 11.1 Å². The molecule has 1 heterocycles. The first-order valence-electron chi connectivity index (χ1n) is 7.84. The van der Waals surface area contributed by atoms with Crippen LogP contribution in [0.2, 0.25) is 0 Å². The van der Waals surface area contributed by atoms with Crippen LogP contribution in [0.15, 0.2) is 48.5 Å². The molecule has 0 amide bonds. The molecule has 0 unspecified atom stereocenters. The van der Waals surface area contributed by atoms with Gasteiger partial charge in [-0.2, -0.15) is 0 Å². The first kappa shape index (κ1) is 13.1. The average Bonchev–Trinajstić information content (AvgIpc) is 2.82. The van der Waals surface area contributed by atoms with E-state index in [9.17, 15) is 0 Å². The Kier molecular flexibility index (Phi) is 2.91. The Morgan fingerprint density at radius 1 is 0.952 bits per heavy atom. The fourth-order valence-electron chi connectivity index (χ4n) is 3.94. The number of fused-ring (bicyclic) bond motifs is 3. The van der Waals surface area contributed by atoms with Gasteiger partial charge in [-0.25, -0.2) is 0 Å². The Morgan fingerprint density at radius 2 is 1.52 bits per heavy atom. The Morgan fingerprint density at radius 3 is 2.10 bits per heavy atom. The van der Waals surface area contributed by atoms with Crippen molar-refractivity contribution in [1.29, 1.82) is 0 Å². The topological polar surface area (TPSA) is 15.3 Å². The minimum Gasteiger partial charge on any atom is -0.314 e. The van der Waals surface area contributed by atoms with Crippen molar-refractivity contribution in [3.63, 3.8) is 0 Å². The molecule has 0 saturated carbocycles. The minimum absolute atomic E-state index is 0.174. The lowest BCUT2D eigenvalue weighted by molar-refractivity contribution is 0.0617. The molecule has 0 spiro atoms. The average molecular weight is 278 g/mol. The van der Waals surface area contributed by atoms with Crippen molar-refractivity contribution >= 4 is 0 Å². The van der Waals surface area contributed by atoms with Crippen molar-refractivity contribution in [3.05, 3.63) is 59.7 Å². The molecule has 2 heteroatoms. The molecule has 0 bridgehead atoms. The van der Waals surface area contributed by atoms with Crippen LogP contribution in [0.1, 0.15) is 31.0 Å². The maximum atomic E-state index is 3.53. The molecule has 0 radical (unpaired) electrons. The van der Waals surface area contributed by atoms with Gasteiger partial charge < -0.3 is 5.32 Å². The molecular weight excluding hydrogens is 256 g/mol. The van der Waals surface area contributed by atoms with E-state index in [-0.39, 0.29) is 5.54 Å². The molecule has 0 aromatic heterocycles. The zero-order valence-corrected chi connectivity index (χ0v) is 12.8. The molecule has 1 aliphatic heterocycles. The van der Waals surface area contributed by atoms with Gasteiger partial charge in [0.25, 0.3) is 0 Å². The predicted molar refractivity (Wildman–Crippen MR) is 87.4 cm³/mol. The second-order valence-electron chi connectivity index (χ2n) is 6.76. The van der Waals surface area contributed by atoms with Gasteiger partial charge in [0, 0.05) is 25.2 Å². The SMILES string of the molecule is CC1(C)CNCCN1C1c2ccccc2-c2ccccc21. The molecule has 0 atom stereocenters. The van der Waals surface area contributed by atoms with E-state index in [1.807, 2.05) is 0 Å². The van der Waals surface area contributed by atoms with Gasteiger partial charge in [0.05, 0.1) is 6.04 Å². The molecule has 21 heavy (non-hydrogen) atoms. The summed E-state index contributed by atoms with van der Waals surface area (Å²) in [6, 6.07) is 18.2. The van der Waals surface area contributed by atoms with Crippen LogP contribution in [0.3, 0.4) is 0 Å². The third-order valence-corrected chi connectivity index (χ3v) is 4.98. The highest BCUT2D eigenvalue weighted by Crippen LogP contribution is 2.48. The summed E-state index contributed by atoms with van der Waals surface area (Å²) < 4.78 is 0. The molecule has 2 aromatic carbocycles. The van der Waals surface area contributed by atoms with E-state index in [1.54, 1.807) is 0 Å². The van der Waals surface area contributed by atoms with Crippen molar-refractivity contribution in [2.24, 2.45) is 0 Å². The normalized spacial score (nSPS) is 21.0. The fraction of sp³-hybridized carbons (Fsp3) is 0.368. The molecule has 1 aliphatic carbocycles. The molecule has 2 aliphatic rings. The van der Waals surface area contributed by atoms with Gasteiger partial charge in [-0.1, -0.05) is 48.5 Å². The van der Waals surface area contributed by atoms with Crippen LogP contribution in [-0.2, 0) is 0 Å². The molecule has 2 nitrogen and oxygen atoms in total. The van der Waals surface area contributed by atoms with E-state index in [2.05, 4.69) is 72.6 Å². The Bertz CT molecular complexity index is 629. The van der Waals surface area contributed by atoms with E-state index in [0.29, 0.717) is 6.04 Å². The van der Waals surface area contributed by atoms with Crippen LogP contribution in [-0.4, -0.2) is 30.1 Å². The highest BCUT2D eigenvalue weighted by atomic mass is 15.3. The molecule has 108 valence electrons. The number of nitrogens with one attached hydrogen (secondary N) is 1. The lowest BCUT2D eigenvalue weighted by Crippen LogP contribution is -2.58. The quantitative estimate of drug-likeness (QED) is 0.859. The third kappa shape index (κ3) is 1.94. The maximum absolute atomic E-state index is 3.53. The van der Waals surface area contributed by atoms with Crippen LogP contribution < -0.4 is 5.32 Å². The van der Waals surface area contributed by atoms with E-state index in [4.69, 9.17) is 0 Å². The zero-order valence-electron chi connectivity index (χ0n) is 12.8. The van der Waals surface area contributed by atoms with Crippen LogP contribution in [0.5, 0.6) is 0 Å². The van der Waals surface area contributed by atoms with Gasteiger partial charge in [0.1, 0.15) is 0 Å². The number of benzene rings is 2. The highest BCUT2D eigenvalue weighted by Gasteiger charge is 2.40. The lowest BCUT2D eigenvalue weighted by atomic mass is 9.93. The van der Waals surface area contributed by atoms with Crippen molar-refractivity contribution in [2.45, 2.75) is 25.4 Å². The van der Waals surface area contributed by atoms with Crippen molar-refractivity contribution in [3.8, 4) is 11.1 Å². The summed E-state index contributed by atoms with van der Waals surface area (Å²) in [5, 5.41) is 3.53. The summed E-state index contributed by atoms with van der Waals surface area (Å²) in [4.78, 5) is 2.67. The van der Waals surface area contributed by atoms with Gasteiger partial charge in [-0.3, -0.25) is 4.90 Å². The van der Waals surface area contributed by atoms with Crippen molar-refractivity contribution in [2.75, 3.05) is 19.6 Å². The number of hydrogen-bond donors (Lipinski definition) is 1. The number of hydrogen-bond acceptors (Lipinski definition) is 2. The summed E-state index contributed by atoms with van der Waals surface area (Å²) in [5.41, 5.74) is 5.93. The van der Waals surface area contributed by atoms with E-state index in [0.717, 1.165) is 19.6 Å². The summed E-state index contributed by atoms with van der Waals surface area (Å²) >= 11 is 0. The summed E-state index contributed by atoms with van der Waals surface area (Å²) in [7, 11) is 0. The van der Waals surface area contributed by atoms with Gasteiger partial charge in [0.15, 0.2) is 0 Å². The second kappa shape index (κ2) is 4.69. The monoisotopic (exact) mass is 278 g/mol. The van der Waals surface area contributed by atoms with Crippen LogP contribution >= 0.6 is 0 Å². The molecule has 1 N–H and O–H groups in total. The Balaban J connectivity index is 1.89. The largest absolute Gasteiger partial charge is 0.314 e. The zero-order chi connectivity index (χ0) is 14.4. The summed E-state index contributed by atoms with van der Waals surface area (Å²) in [6.45, 7) is 7.92. The molecule has 4 rings (SSSR count). The Labute approximate surface area is 126 Å². The maximum Gasteiger partial charge on any atom is 0.0619 e. The summed E-state index contributed by atoms with van der Waals surface area (Å²) in [5.74, 6) is 0. The predicted octanol–water partition coefficient (Wildman–Crippen LogP) is 3.44. The van der Waals surface area contributed by atoms with E-state index in [1.165, 1.54) is 22.3 Å².